The van der Waals surface area contributed by atoms with Crippen molar-refractivity contribution in [3.63, 3.8) is 0 Å². The molecule has 17 heavy (non-hydrogen) atoms. The first-order chi connectivity index (χ1) is 6.49. The van der Waals surface area contributed by atoms with E-state index < -0.39 is 35.4 Å². The third-order valence-corrected chi connectivity index (χ3v) is 2.75. The molecule has 1 heterocycles. The van der Waals surface area contributed by atoms with Crippen molar-refractivity contribution in [1.82, 2.24) is 0 Å². The van der Waals surface area contributed by atoms with E-state index in [4.69, 9.17) is 4.74 Å². The van der Waals surface area contributed by atoms with Gasteiger partial charge in [0.15, 0.2) is 6.10 Å². The first-order valence-corrected chi connectivity index (χ1v) is 4.82. The molecule has 3 radical (unpaired) electrons. The quantitative estimate of drug-likeness (QED) is 0.216. The Morgan fingerprint density at radius 3 is 2.00 bits per heavy atom. The monoisotopic (exact) mass is 951 g/mol. The molecule has 0 aliphatic carbocycles. The van der Waals surface area contributed by atoms with Gasteiger partial charge in [0.1, 0.15) is 23.3 Å². The number of methoxy groups -OCH3 is 1. The van der Waals surface area contributed by atoms with Crippen LogP contribution >= 0.6 is 15.9 Å². The molecule has 0 aromatic heterocycles. The van der Waals surface area contributed by atoms with Gasteiger partial charge in [-0.2, -0.15) is 0 Å². The number of aliphatic hydroxyl groups is 3. The van der Waals surface area contributed by atoms with Crippen LogP contribution in [0.2, 0.25) is 0 Å². The van der Waals surface area contributed by atoms with Crippen LogP contribution in [0.15, 0.2) is 0 Å². The maximum absolute atomic E-state index is 11.1. The molecular formula is C7H11Ac3BrO6. The van der Waals surface area contributed by atoms with Crippen LogP contribution in [0.4, 0.5) is 0 Å². The number of esters is 1. The Balaban J connectivity index is -0.000000653. The molecule has 0 aromatic rings. The molecule has 5 atom stereocenters. The van der Waals surface area contributed by atoms with Crippen LogP contribution in [-0.2, 0) is 14.3 Å². The van der Waals surface area contributed by atoms with Crippen LogP contribution in [-0.4, -0.2) is 57.8 Å². The summed E-state index contributed by atoms with van der Waals surface area (Å²) >= 11 is 2.91. The van der Waals surface area contributed by atoms with Crippen molar-refractivity contribution >= 4 is 21.9 Å². The molecule has 10 heteroatoms. The van der Waals surface area contributed by atoms with E-state index >= 15 is 0 Å². The first-order valence-electron chi connectivity index (χ1n) is 3.90. The number of aliphatic hydroxyl groups excluding tert-OH is 3. The molecular weight excluding hydrogens is 941 g/mol. The Morgan fingerprint density at radius 2 is 1.59 bits per heavy atom. The SMILES string of the molecule is COC(=O)[C@H]1O[C@H](Br)[C@H](O)[C@@H](O)[C@@H]1O.[Ac].[Ac].[Ac]. The van der Waals surface area contributed by atoms with Gasteiger partial charge in [0.2, 0.25) is 0 Å². The molecule has 0 bridgehead atoms. The van der Waals surface area contributed by atoms with Gasteiger partial charge in [0, 0.05) is 132 Å². The standard InChI is InChI=1S/C7H11BrO6.3Ac/c1-13-7(12)5-3(10)2(9)4(11)6(8)14-5;;;/h2-6,9-11H,1H3;;;/t2-,3-,4+,5-,6-;;;/m0.../s1. The number of halogens is 1. The Bertz CT molecular complexity index is 234. The molecule has 3 N–H and O–H groups in total. The zero-order valence-corrected chi connectivity index (χ0v) is 24.9. The third kappa shape index (κ3) is 7.28. The van der Waals surface area contributed by atoms with Crippen molar-refractivity contribution in [2.45, 2.75) is 29.4 Å². The Kier molecular flexibility index (Phi) is 19.4. The number of hydrogen-bond acceptors (Lipinski definition) is 6. The van der Waals surface area contributed by atoms with E-state index in [1.807, 2.05) is 0 Å². The number of rotatable bonds is 1. The van der Waals surface area contributed by atoms with E-state index in [9.17, 15) is 20.1 Å². The maximum Gasteiger partial charge on any atom is 0.337 e. The summed E-state index contributed by atoms with van der Waals surface area (Å²) < 4.78 is 9.27. The number of carbonyl (C=O) groups excluding carboxylic acids is 1. The van der Waals surface area contributed by atoms with Gasteiger partial charge in [-0.3, -0.25) is 0 Å². The van der Waals surface area contributed by atoms with Gasteiger partial charge < -0.3 is 24.8 Å². The molecule has 1 rings (SSSR count). The second-order valence-corrected chi connectivity index (χ2v) is 3.81. The molecule has 0 aromatic carbocycles. The molecule has 6 nitrogen and oxygen atoms in total. The van der Waals surface area contributed by atoms with E-state index in [0.29, 0.717) is 0 Å². The fraction of sp³-hybridized carbons (Fsp3) is 0.857. The van der Waals surface area contributed by atoms with Gasteiger partial charge in [0.05, 0.1) is 7.11 Å². The first kappa shape index (κ1) is 26.0. The van der Waals surface area contributed by atoms with Gasteiger partial charge in [-0.1, -0.05) is 15.9 Å². The largest absolute Gasteiger partial charge is 0.467 e. The number of alkyl halides is 1. The van der Waals surface area contributed by atoms with Gasteiger partial charge in [-0.25, -0.2) is 4.79 Å². The van der Waals surface area contributed by atoms with E-state index in [2.05, 4.69) is 20.7 Å². The van der Waals surface area contributed by atoms with Crippen LogP contribution < -0.4 is 0 Å². The van der Waals surface area contributed by atoms with Crippen molar-refractivity contribution in [2.75, 3.05) is 7.11 Å². The van der Waals surface area contributed by atoms with Crippen molar-refractivity contribution in [3.8, 4) is 0 Å². The topological polar surface area (TPSA) is 96.2 Å². The van der Waals surface area contributed by atoms with Crippen LogP contribution in [0.5, 0.6) is 0 Å². The summed E-state index contributed by atoms with van der Waals surface area (Å²) in [5.74, 6) is -0.798. The fourth-order valence-corrected chi connectivity index (χ4v) is 1.69. The average Bonchev–Trinajstić information content (AvgIpc) is 2.19. The minimum atomic E-state index is -1.49. The predicted molar refractivity (Wildman–Crippen MR) is 47.6 cm³/mol. The Morgan fingerprint density at radius 1 is 1.12 bits per heavy atom. The summed E-state index contributed by atoms with van der Waals surface area (Å²) in [4.78, 5) is 11.1. The predicted octanol–water partition coefficient (Wildman–Crippen LogP) is -1.64. The van der Waals surface area contributed by atoms with Gasteiger partial charge in [-0.15, -0.1) is 0 Å². The molecule has 1 fully saturated rings. The van der Waals surface area contributed by atoms with Crippen LogP contribution in [0.3, 0.4) is 0 Å². The third-order valence-electron chi connectivity index (χ3n) is 1.99. The molecule has 1 aliphatic rings. The van der Waals surface area contributed by atoms with Crippen LogP contribution in [0.1, 0.15) is 0 Å². The van der Waals surface area contributed by atoms with E-state index in [1.54, 1.807) is 0 Å². The van der Waals surface area contributed by atoms with Gasteiger partial charge >= 0.3 is 5.97 Å². The molecule has 0 saturated carbocycles. The summed E-state index contributed by atoms with van der Waals surface area (Å²) in [6.45, 7) is 0. The molecule has 0 unspecified atom stereocenters. The Labute approximate surface area is 215 Å². The molecule has 0 spiro atoms. The summed E-state index contributed by atoms with van der Waals surface area (Å²) in [6.07, 6.45) is -5.52. The summed E-state index contributed by atoms with van der Waals surface area (Å²) in [5.41, 5.74) is 0. The van der Waals surface area contributed by atoms with Crippen LogP contribution in [0, 0.1) is 132 Å². The maximum atomic E-state index is 11.1. The fourth-order valence-electron chi connectivity index (χ4n) is 1.15. The summed E-state index contributed by atoms with van der Waals surface area (Å²) in [7, 11) is 1.14. The van der Waals surface area contributed by atoms with Crippen molar-refractivity contribution < 1.29 is 162 Å². The number of carbonyl (C=O) groups is 1. The molecule has 0 amide bonds. The summed E-state index contributed by atoms with van der Waals surface area (Å²) in [6, 6.07) is 0. The minimum absolute atomic E-state index is 0. The average molecular weight is 952 g/mol. The van der Waals surface area contributed by atoms with Crippen molar-refractivity contribution in [3.05, 3.63) is 0 Å². The van der Waals surface area contributed by atoms with Crippen molar-refractivity contribution in [1.29, 1.82) is 0 Å². The minimum Gasteiger partial charge on any atom is -0.467 e. The molecule has 91 valence electrons. The zero-order valence-electron chi connectivity index (χ0n) is 9.06. The molecule has 1 aliphatic heterocycles. The number of ether oxygens (including phenoxy) is 2. The van der Waals surface area contributed by atoms with Crippen molar-refractivity contribution in [2.24, 2.45) is 0 Å². The summed E-state index contributed by atoms with van der Waals surface area (Å²) in [5, 5.41) is 27.0. The van der Waals surface area contributed by atoms with E-state index in [1.165, 1.54) is 0 Å². The van der Waals surface area contributed by atoms with Gasteiger partial charge in [-0.05, 0) is 0 Å². The Hall–Kier alpha value is 4.11. The smallest absolute Gasteiger partial charge is 0.337 e. The van der Waals surface area contributed by atoms with Gasteiger partial charge in [0.25, 0.3) is 0 Å². The van der Waals surface area contributed by atoms with E-state index in [-0.39, 0.29) is 132 Å². The van der Waals surface area contributed by atoms with Crippen LogP contribution in [0.25, 0.3) is 0 Å². The molecule has 1 saturated heterocycles. The second-order valence-electron chi connectivity index (χ2n) is 2.90. The second kappa shape index (κ2) is 12.6. The normalized spacial score (nSPS) is 35.7. The van der Waals surface area contributed by atoms with E-state index in [0.717, 1.165) is 7.11 Å². The zero-order chi connectivity index (χ0) is 10.9. The number of hydrogen-bond donors (Lipinski definition) is 3.